The van der Waals surface area contributed by atoms with Crippen molar-refractivity contribution < 1.29 is 8.42 Å². The molecule has 0 saturated carbocycles. The Bertz CT molecular complexity index is 923. The van der Waals surface area contributed by atoms with Gasteiger partial charge in [0, 0.05) is 16.1 Å². The lowest BCUT2D eigenvalue weighted by Gasteiger charge is -2.37. The fourth-order valence-corrected chi connectivity index (χ4v) is 4.56. The molecule has 0 spiro atoms. The molecule has 124 valence electrons. The molecule has 1 heterocycles. The van der Waals surface area contributed by atoms with E-state index in [1.165, 1.54) is 5.56 Å². The van der Waals surface area contributed by atoms with E-state index in [-0.39, 0.29) is 10.9 Å². The molecule has 0 aromatic heterocycles. The number of hydrogen-bond donors (Lipinski definition) is 2. The molecule has 3 N–H and O–H groups in total. The van der Waals surface area contributed by atoms with Crippen LogP contribution in [0.5, 0.6) is 0 Å². The summed E-state index contributed by atoms with van der Waals surface area (Å²) in [6.45, 7) is 0. The minimum atomic E-state index is -3.71. The van der Waals surface area contributed by atoms with Gasteiger partial charge in [0.25, 0.3) is 0 Å². The van der Waals surface area contributed by atoms with Crippen molar-refractivity contribution in [2.75, 3.05) is 5.32 Å². The van der Waals surface area contributed by atoms with E-state index in [2.05, 4.69) is 45.5 Å². The number of halogens is 1. The summed E-state index contributed by atoms with van der Waals surface area (Å²) in [5.74, 6) is 0.725. The molecule has 3 atom stereocenters. The SMILES string of the molecule is NS(=O)(=O)c1ccc2c(c1)N[C@H](c1ccc(Br)cc1)[C@@H]1CC=C[C@H]21. The van der Waals surface area contributed by atoms with E-state index in [1.54, 1.807) is 12.1 Å². The van der Waals surface area contributed by atoms with Gasteiger partial charge in [0.05, 0.1) is 10.9 Å². The number of sulfonamides is 1. The normalized spacial score (nSPS) is 25.0. The Morgan fingerprint density at radius 2 is 1.88 bits per heavy atom. The molecule has 2 aromatic carbocycles. The van der Waals surface area contributed by atoms with Crippen molar-refractivity contribution in [1.29, 1.82) is 0 Å². The lowest BCUT2D eigenvalue weighted by molar-refractivity contribution is 0.425. The molecule has 2 aromatic rings. The van der Waals surface area contributed by atoms with Gasteiger partial charge in [-0.1, -0.05) is 46.3 Å². The molecular weight excluding hydrogens is 388 g/mol. The van der Waals surface area contributed by atoms with Crippen LogP contribution >= 0.6 is 15.9 Å². The summed E-state index contributed by atoms with van der Waals surface area (Å²) in [7, 11) is -3.71. The zero-order valence-corrected chi connectivity index (χ0v) is 15.2. The van der Waals surface area contributed by atoms with E-state index >= 15 is 0 Å². The summed E-state index contributed by atoms with van der Waals surface area (Å²) < 4.78 is 24.4. The predicted molar refractivity (Wildman–Crippen MR) is 98.3 cm³/mol. The number of rotatable bonds is 2. The molecule has 4 rings (SSSR count). The molecule has 2 aliphatic rings. The molecule has 1 aliphatic heterocycles. The topological polar surface area (TPSA) is 72.2 Å². The monoisotopic (exact) mass is 404 g/mol. The van der Waals surface area contributed by atoms with Gasteiger partial charge in [-0.2, -0.15) is 0 Å². The first-order chi connectivity index (χ1) is 11.4. The molecule has 0 amide bonds. The van der Waals surface area contributed by atoms with Crippen molar-refractivity contribution in [3.05, 3.63) is 70.2 Å². The largest absolute Gasteiger partial charge is 0.378 e. The molecule has 6 heteroatoms. The molecule has 0 radical (unpaired) electrons. The summed E-state index contributed by atoms with van der Waals surface area (Å²) in [5, 5.41) is 8.83. The summed E-state index contributed by atoms with van der Waals surface area (Å²) >= 11 is 3.47. The first-order valence-corrected chi connectivity index (χ1v) is 10.1. The zero-order chi connectivity index (χ0) is 16.9. The van der Waals surface area contributed by atoms with Crippen molar-refractivity contribution >= 4 is 31.6 Å². The zero-order valence-electron chi connectivity index (χ0n) is 12.8. The average Bonchev–Trinajstić information content (AvgIpc) is 3.03. The van der Waals surface area contributed by atoms with Crippen molar-refractivity contribution in [1.82, 2.24) is 0 Å². The summed E-state index contributed by atoms with van der Waals surface area (Å²) in [6, 6.07) is 13.5. The first kappa shape index (κ1) is 15.9. The van der Waals surface area contributed by atoms with Crippen molar-refractivity contribution in [3.8, 4) is 0 Å². The van der Waals surface area contributed by atoms with Gasteiger partial charge in [0.1, 0.15) is 0 Å². The second-order valence-electron chi connectivity index (χ2n) is 6.32. The van der Waals surface area contributed by atoms with Gasteiger partial charge >= 0.3 is 0 Å². The number of hydrogen-bond acceptors (Lipinski definition) is 3. The Hall–Kier alpha value is -1.63. The van der Waals surface area contributed by atoms with Crippen LogP contribution < -0.4 is 10.5 Å². The highest BCUT2D eigenvalue weighted by molar-refractivity contribution is 9.10. The predicted octanol–water partition coefficient (Wildman–Crippen LogP) is 3.92. The van der Waals surface area contributed by atoms with Gasteiger partial charge in [0.15, 0.2) is 0 Å². The molecule has 0 fully saturated rings. The Balaban J connectivity index is 1.80. The number of nitrogens with one attached hydrogen (secondary N) is 1. The third-order valence-electron chi connectivity index (χ3n) is 4.89. The van der Waals surface area contributed by atoms with Gasteiger partial charge in [-0.25, -0.2) is 13.6 Å². The molecular formula is C18H17BrN2O2S. The number of anilines is 1. The smallest absolute Gasteiger partial charge is 0.238 e. The van der Waals surface area contributed by atoms with Crippen LogP contribution in [-0.2, 0) is 10.0 Å². The minimum Gasteiger partial charge on any atom is -0.378 e. The van der Waals surface area contributed by atoms with Crippen LogP contribution in [0, 0.1) is 5.92 Å². The minimum absolute atomic E-state index is 0.140. The highest BCUT2D eigenvalue weighted by atomic mass is 79.9. The molecule has 1 aliphatic carbocycles. The van der Waals surface area contributed by atoms with Gasteiger partial charge in [-0.3, -0.25) is 0 Å². The Labute approximate surface area is 149 Å². The molecule has 0 unspecified atom stereocenters. The van der Waals surface area contributed by atoms with Gasteiger partial charge in [0.2, 0.25) is 10.0 Å². The fraction of sp³-hybridized carbons (Fsp3) is 0.222. The average molecular weight is 405 g/mol. The van der Waals surface area contributed by atoms with E-state index in [0.717, 1.165) is 22.1 Å². The lowest BCUT2D eigenvalue weighted by atomic mass is 9.77. The Morgan fingerprint density at radius 3 is 2.58 bits per heavy atom. The summed E-state index contributed by atoms with van der Waals surface area (Å²) in [6.07, 6.45) is 5.45. The highest BCUT2D eigenvalue weighted by Gasteiger charge is 2.38. The standard InChI is InChI=1S/C18H17BrN2O2S/c19-12-6-4-11(5-7-12)18-16-3-1-2-14(16)15-9-8-13(24(20,22)23)10-17(15)21-18/h1-2,4-10,14,16,18,21H,3H2,(H2,20,22,23)/t14-,16-,18-/m1/s1. The Kier molecular flexibility index (Phi) is 3.78. The van der Waals surface area contributed by atoms with Crippen LogP contribution in [-0.4, -0.2) is 8.42 Å². The number of allylic oxidation sites excluding steroid dienone is 2. The van der Waals surface area contributed by atoms with E-state index in [1.807, 2.05) is 18.2 Å². The maximum atomic E-state index is 11.7. The van der Waals surface area contributed by atoms with E-state index in [0.29, 0.717) is 11.8 Å². The summed E-state index contributed by atoms with van der Waals surface area (Å²) in [4.78, 5) is 0.142. The fourth-order valence-electron chi connectivity index (χ4n) is 3.75. The van der Waals surface area contributed by atoms with Crippen molar-refractivity contribution in [2.24, 2.45) is 11.1 Å². The van der Waals surface area contributed by atoms with Crippen molar-refractivity contribution in [2.45, 2.75) is 23.3 Å². The number of fused-ring (bicyclic) bond motifs is 3. The van der Waals surface area contributed by atoms with E-state index < -0.39 is 10.0 Å². The first-order valence-electron chi connectivity index (χ1n) is 7.79. The quantitative estimate of drug-likeness (QED) is 0.744. The van der Waals surface area contributed by atoms with Gasteiger partial charge in [-0.15, -0.1) is 0 Å². The molecule has 4 nitrogen and oxygen atoms in total. The third-order valence-corrected chi connectivity index (χ3v) is 6.33. The van der Waals surface area contributed by atoms with E-state index in [9.17, 15) is 8.42 Å². The Morgan fingerprint density at radius 1 is 1.12 bits per heavy atom. The maximum absolute atomic E-state index is 11.7. The van der Waals surface area contributed by atoms with Crippen LogP contribution in [0.15, 0.2) is 64.0 Å². The van der Waals surface area contributed by atoms with Crippen LogP contribution in [0.3, 0.4) is 0 Å². The highest BCUT2D eigenvalue weighted by Crippen LogP contribution is 2.50. The molecule has 0 bridgehead atoms. The van der Waals surface area contributed by atoms with Gasteiger partial charge < -0.3 is 5.32 Å². The third kappa shape index (κ3) is 2.68. The van der Waals surface area contributed by atoms with E-state index in [4.69, 9.17) is 5.14 Å². The number of benzene rings is 2. The van der Waals surface area contributed by atoms with Crippen molar-refractivity contribution in [3.63, 3.8) is 0 Å². The van der Waals surface area contributed by atoms with Gasteiger partial charge in [-0.05, 0) is 47.7 Å². The maximum Gasteiger partial charge on any atom is 0.238 e. The lowest BCUT2D eigenvalue weighted by Crippen LogP contribution is -2.29. The van der Waals surface area contributed by atoms with Crippen LogP contribution in [0.1, 0.15) is 29.5 Å². The second kappa shape index (κ2) is 5.72. The molecule has 0 saturated heterocycles. The van der Waals surface area contributed by atoms with Crippen LogP contribution in [0.25, 0.3) is 0 Å². The molecule has 24 heavy (non-hydrogen) atoms. The number of nitrogens with two attached hydrogens (primary N) is 1. The van der Waals surface area contributed by atoms with Crippen LogP contribution in [0.4, 0.5) is 5.69 Å². The number of primary sulfonamides is 1. The van der Waals surface area contributed by atoms with Crippen LogP contribution in [0.2, 0.25) is 0 Å². The second-order valence-corrected chi connectivity index (χ2v) is 8.80. The summed E-state index contributed by atoms with van der Waals surface area (Å²) in [5.41, 5.74) is 3.18.